The molecule has 3 heteroatoms. The van der Waals surface area contributed by atoms with E-state index in [1.165, 1.54) is 44.9 Å². The maximum absolute atomic E-state index is 10.5. The molecule has 0 radical (unpaired) electrons. The van der Waals surface area contributed by atoms with Gasteiger partial charge in [0.15, 0.2) is 6.29 Å². The van der Waals surface area contributed by atoms with E-state index < -0.39 is 0 Å². The second-order valence-electron chi connectivity index (χ2n) is 7.66. The van der Waals surface area contributed by atoms with Crippen molar-refractivity contribution in [2.24, 2.45) is 0 Å². The van der Waals surface area contributed by atoms with E-state index in [9.17, 15) is 5.11 Å². The summed E-state index contributed by atoms with van der Waals surface area (Å²) < 4.78 is 11.9. The highest BCUT2D eigenvalue weighted by Crippen LogP contribution is 2.25. The molecule has 1 aromatic rings. The topological polar surface area (TPSA) is 38.7 Å². The highest BCUT2D eigenvalue weighted by molar-refractivity contribution is 5.13. The molecule has 2 rings (SSSR count). The molecule has 1 aliphatic heterocycles. The van der Waals surface area contributed by atoms with Crippen LogP contribution < -0.4 is 0 Å². The van der Waals surface area contributed by atoms with Crippen molar-refractivity contribution in [3.63, 3.8) is 0 Å². The van der Waals surface area contributed by atoms with Crippen LogP contribution in [0.1, 0.15) is 89.5 Å². The fraction of sp³-hybridized carbons (Fsp3) is 0.739. The standard InChI is InChI=1S/C23H38O3/c1-2-3-4-5-6-7-8-12-16-21(24)22-17-13-18-23(26-22)25-19-20-14-10-9-11-15-20/h9-11,14-15,21-24H,2-8,12-13,16-19H2,1H3/t21-,22+,23?/m0/s1. The minimum Gasteiger partial charge on any atom is -0.390 e. The van der Waals surface area contributed by atoms with Gasteiger partial charge in [-0.1, -0.05) is 88.6 Å². The molecule has 1 heterocycles. The van der Waals surface area contributed by atoms with Crippen LogP contribution in [-0.4, -0.2) is 23.6 Å². The van der Waals surface area contributed by atoms with Crippen molar-refractivity contribution in [2.75, 3.05) is 0 Å². The van der Waals surface area contributed by atoms with Crippen molar-refractivity contribution in [1.82, 2.24) is 0 Å². The maximum Gasteiger partial charge on any atom is 0.158 e. The van der Waals surface area contributed by atoms with Gasteiger partial charge >= 0.3 is 0 Å². The van der Waals surface area contributed by atoms with E-state index in [1.54, 1.807) is 0 Å². The summed E-state index contributed by atoms with van der Waals surface area (Å²) >= 11 is 0. The van der Waals surface area contributed by atoms with Gasteiger partial charge in [-0.2, -0.15) is 0 Å². The molecule has 0 spiro atoms. The highest BCUT2D eigenvalue weighted by atomic mass is 16.7. The lowest BCUT2D eigenvalue weighted by molar-refractivity contribution is -0.219. The number of benzene rings is 1. The molecule has 1 aliphatic rings. The lowest BCUT2D eigenvalue weighted by Crippen LogP contribution is -2.37. The van der Waals surface area contributed by atoms with Gasteiger partial charge in [0.25, 0.3) is 0 Å². The molecule has 26 heavy (non-hydrogen) atoms. The molecule has 0 bridgehead atoms. The Bertz CT molecular complexity index is 448. The third kappa shape index (κ3) is 8.66. The SMILES string of the molecule is CCCCCCCCCC[C@H](O)[C@H]1CCCC(OCc2ccccc2)O1. The van der Waals surface area contributed by atoms with Crippen LogP contribution in [-0.2, 0) is 16.1 Å². The zero-order valence-electron chi connectivity index (χ0n) is 16.6. The first kappa shape index (κ1) is 21.4. The Balaban J connectivity index is 1.56. The summed E-state index contributed by atoms with van der Waals surface area (Å²) in [5, 5.41) is 10.5. The fourth-order valence-corrected chi connectivity index (χ4v) is 3.66. The van der Waals surface area contributed by atoms with Gasteiger partial charge in [0.05, 0.1) is 18.8 Å². The van der Waals surface area contributed by atoms with E-state index in [-0.39, 0.29) is 18.5 Å². The summed E-state index contributed by atoms with van der Waals surface area (Å²) in [5.41, 5.74) is 1.16. The number of hydrogen-bond donors (Lipinski definition) is 1. The number of rotatable bonds is 13. The minimum atomic E-state index is -0.349. The van der Waals surface area contributed by atoms with Crippen LogP contribution in [0.2, 0.25) is 0 Å². The Kier molecular flexibility index (Phi) is 10.9. The molecule has 0 aliphatic carbocycles. The van der Waals surface area contributed by atoms with Crippen LogP contribution in [0.15, 0.2) is 30.3 Å². The molecule has 0 aromatic heterocycles. The van der Waals surface area contributed by atoms with Crippen molar-refractivity contribution in [1.29, 1.82) is 0 Å². The smallest absolute Gasteiger partial charge is 0.158 e. The van der Waals surface area contributed by atoms with Crippen molar-refractivity contribution in [2.45, 2.75) is 109 Å². The maximum atomic E-state index is 10.5. The van der Waals surface area contributed by atoms with Crippen LogP contribution >= 0.6 is 0 Å². The van der Waals surface area contributed by atoms with Gasteiger partial charge in [-0.05, 0) is 31.2 Å². The molecule has 3 atom stereocenters. The summed E-state index contributed by atoms with van der Waals surface area (Å²) in [6.45, 7) is 2.83. The summed E-state index contributed by atoms with van der Waals surface area (Å²) in [4.78, 5) is 0. The predicted octanol–water partition coefficient (Wildman–Crippen LogP) is 5.99. The van der Waals surface area contributed by atoms with Gasteiger partial charge in [0.1, 0.15) is 0 Å². The average Bonchev–Trinajstić information content (AvgIpc) is 2.69. The Morgan fingerprint density at radius 1 is 1.00 bits per heavy atom. The summed E-state index contributed by atoms with van der Waals surface area (Å²) in [6.07, 6.45) is 13.6. The Morgan fingerprint density at radius 3 is 2.42 bits per heavy atom. The third-order valence-corrected chi connectivity index (χ3v) is 5.32. The summed E-state index contributed by atoms with van der Waals surface area (Å²) in [7, 11) is 0. The van der Waals surface area contributed by atoms with Crippen molar-refractivity contribution in [3.8, 4) is 0 Å². The Hall–Kier alpha value is -0.900. The highest BCUT2D eigenvalue weighted by Gasteiger charge is 2.28. The third-order valence-electron chi connectivity index (χ3n) is 5.32. The van der Waals surface area contributed by atoms with Gasteiger partial charge in [0, 0.05) is 0 Å². The van der Waals surface area contributed by atoms with Crippen molar-refractivity contribution < 1.29 is 14.6 Å². The normalized spacial score (nSPS) is 21.6. The molecule has 0 amide bonds. The van der Waals surface area contributed by atoms with E-state index in [4.69, 9.17) is 9.47 Å². The molecule has 1 unspecified atom stereocenters. The molecular weight excluding hydrogens is 324 g/mol. The van der Waals surface area contributed by atoms with Crippen LogP contribution in [0.25, 0.3) is 0 Å². The minimum absolute atomic E-state index is 0.0610. The van der Waals surface area contributed by atoms with Crippen LogP contribution in [0.4, 0.5) is 0 Å². The van der Waals surface area contributed by atoms with Crippen molar-refractivity contribution in [3.05, 3.63) is 35.9 Å². The lowest BCUT2D eigenvalue weighted by atomic mass is 9.98. The number of aliphatic hydroxyl groups excluding tert-OH is 1. The number of unbranched alkanes of at least 4 members (excludes halogenated alkanes) is 7. The summed E-state index contributed by atoms with van der Waals surface area (Å²) in [6, 6.07) is 10.2. The van der Waals surface area contributed by atoms with E-state index in [2.05, 4.69) is 19.1 Å². The first-order valence-corrected chi connectivity index (χ1v) is 10.8. The molecule has 3 nitrogen and oxygen atoms in total. The molecule has 1 fully saturated rings. The average molecular weight is 363 g/mol. The second kappa shape index (κ2) is 13.3. The predicted molar refractivity (Wildman–Crippen MR) is 107 cm³/mol. The largest absolute Gasteiger partial charge is 0.390 e. The lowest BCUT2D eigenvalue weighted by Gasteiger charge is -2.32. The quantitative estimate of drug-likeness (QED) is 0.438. The van der Waals surface area contributed by atoms with Gasteiger partial charge in [-0.25, -0.2) is 0 Å². The Labute approximate surface area is 160 Å². The Morgan fingerprint density at radius 2 is 1.69 bits per heavy atom. The first-order valence-electron chi connectivity index (χ1n) is 10.8. The second-order valence-corrected chi connectivity index (χ2v) is 7.66. The number of ether oxygens (including phenoxy) is 2. The van der Waals surface area contributed by atoms with E-state index in [0.717, 1.165) is 37.7 Å². The monoisotopic (exact) mass is 362 g/mol. The molecule has 1 N–H and O–H groups in total. The van der Waals surface area contributed by atoms with Crippen LogP contribution in [0, 0.1) is 0 Å². The van der Waals surface area contributed by atoms with Crippen LogP contribution in [0.5, 0.6) is 0 Å². The van der Waals surface area contributed by atoms with Crippen LogP contribution in [0.3, 0.4) is 0 Å². The van der Waals surface area contributed by atoms with E-state index in [0.29, 0.717) is 6.61 Å². The first-order chi connectivity index (χ1) is 12.8. The van der Waals surface area contributed by atoms with E-state index in [1.807, 2.05) is 18.2 Å². The van der Waals surface area contributed by atoms with Gasteiger partial charge in [0.2, 0.25) is 0 Å². The van der Waals surface area contributed by atoms with Crippen molar-refractivity contribution >= 4 is 0 Å². The zero-order valence-corrected chi connectivity index (χ0v) is 16.6. The molecule has 0 saturated carbocycles. The molecular formula is C23H38O3. The van der Waals surface area contributed by atoms with Gasteiger partial charge < -0.3 is 14.6 Å². The van der Waals surface area contributed by atoms with Gasteiger partial charge in [-0.15, -0.1) is 0 Å². The number of aliphatic hydroxyl groups is 1. The molecule has 1 aromatic carbocycles. The van der Waals surface area contributed by atoms with Gasteiger partial charge in [-0.3, -0.25) is 0 Å². The van der Waals surface area contributed by atoms with E-state index >= 15 is 0 Å². The number of hydrogen-bond acceptors (Lipinski definition) is 3. The fourth-order valence-electron chi connectivity index (χ4n) is 3.66. The zero-order chi connectivity index (χ0) is 18.5. The summed E-state index contributed by atoms with van der Waals surface area (Å²) in [5.74, 6) is 0. The molecule has 1 saturated heterocycles. The molecule has 148 valence electrons.